The number of aliphatic hydroxyl groups is 1. The summed E-state index contributed by atoms with van der Waals surface area (Å²) in [4.78, 5) is 50.9. The summed E-state index contributed by atoms with van der Waals surface area (Å²) >= 11 is 0. The maximum absolute atomic E-state index is 15.0. The van der Waals surface area contributed by atoms with Gasteiger partial charge in [-0.05, 0) is 76.3 Å². The van der Waals surface area contributed by atoms with Crippen LogP contribution in [0.15, 0.2) is 54.9 Å². The molecule has 1 saturated heterocycles. The lowest BCUT2D eigenvalue weighted by molar-refractivity contribution is 0.0142. The standard InChI is InChI=1S/C32H36FN5O5/c1-32(2,3)43-31(42)37-13-11-25(12-14-37)38(24-8-9-24)30(41)22-17-34-28(35-18-22)21-7-10-26(27(33)16-21)29(40)36-23-6-4-5-20(15-23)19-39/h4-7,10,15-18,24-25,39H,8-9,11-14,19H2,1-3H3,(H,36,40). The molecule has 1 aromatic heterocycles. The molecule has 5 rings (SSSR count). The van der Waals surface area contributed by atoms with Gasteiger partial charge in [-0.1, -0.05) is 18.2 Å². The number of piperidine rings is 1. The van der Waals surface area contributed by atoms with Crippen molar-refractivity contribution >= 4 is 23.6 Å². The molecule has 1 saturated carbocycles. The number of aliphatic hydroxyl groups excluding tert-OH is 1. The molecule has 2 aliphatic rings. The molecule has 2 N–H and O–H groups in total. The van der Waals surface area contributed by atoms with Crippen molar-refractivity contribution < 1.29 is 28.6 Å². The molecule has 1 aliphatic heterocycles. The number of carbonyl (C=O) groups excluding carboxylic acids is 3. The van der Waals surface area contributed by atoms with Crippen LogP contribution < -0.4 is 5.32 Å². The molecule has 0 radical (unpaired) electrons. The van der Waals surface area contributed by atoms with E-state index in [1.807, 2.05) is 25.7 Å². The first kappa shape index (κ1) is 30.1. The number of hydrogen-bond acceptors (Lipinski definition) is 7. The number of benzene rings is 2. The van der Waals surface area contributed by atoms with Crippen LogP contribution in [0.3, 0.4) is 0 Å². The van der Waals surface area contributed by atoms with E-state index in [0.717, 1.165) is 12.8 Å². The Kier molecular flexibility index (Phi) is 8.72. The second-order valence-electron chi connectivity index (χ2n) is 11.9. The third-order valence-electron chi connectivity index (χ3n) is 7.42. The van der Waals surface area contributed by atoms with Gasteiger partial charge in [-0.25, -0.2) is 19.2 Å². The molecule has 0 atom stereocenters. The number of amides is 3. The molecule has 43 heavy (non-hydrogen) atoms. The molecule has 0 spiro atoms. The van der Waals surface area contributed by atoms with Gasteiger partial charge in [0.25, 0.3) is 11.8 Å². The van der Waals surface area contributed by atoms with E-state index in [9.17, 15) is 23.9 Å². The molecule has 0 bridgehead atoms. The molecule has 2 heterocycles. The average Bonchev–Trinajstić information content (AvgIpc) is 3.82. The third-order valence-corrected chi connectivity index (χ3v) is 7.42. The predicted octanol–water partition coefficient (Wildman–Crippen LogP) is 5.03. The molecule has 1 aliphatic carbocycles. The molecular weight excluding hydrogens is 553 g/mol. The highest BCUT2D eigenvalue weighted by molar-refractivity contribution is 6.04. The zero-order chi connectivity index (χ0) is 30.7. The Balaban J connectivity index is 1.23. The van der Waals surface area contributed by atoms with Crippen LogP contribution in [0.25, 0.3) is 11.4 Å². The SMILES string of the molecule is CC(C)(C)OC(=O)N1CCC(N(C(=O)c2cnc(-c3ccc(C(=O)Nc4cccc(CO)c4)c(F)c3)nc2)C2CC2)CC1. The van der Waals surface area contributed by atoms with Crippen molar-refractivity contribution in [3.8, 4) is 11.4 Å². The largest absolute Gasteiger partial charge is 0.444 e. The summed E-state index contributed by atoms with van der Waals surface area (Å²) in [5, 5.41) is 11.9. The smallest absolute Gasteiger partial charge is 0.410 e. The summed E-state index contributed by atoms with van der Waals surface area (Å²) in [7, 11) is 0. The van der Waals surface area contributed by atoms with E-state index >= 15 is 0 Å². The highest BCUT2D eigenvalue weighted by atomic mass is 19.1. The fourth-order valence-corrected chi connectivity index (χ4v) is 5.16. The fourth-order valence-electron chi connectivity index (χ4n) is 5.16. The van der Waals surface area contributed by atoms with E-state index in [0.29, 0.717) is 48.3 Å². The van der Waals surface area contributed by atoms with Crippen molar-refractivity contribution in [3.63, 3.8) is 0 Å². The van der Waals surface area contributed by atoms with E-state index in [1.165, 1.54) is 24.5 Å². The highest BCUT2D eigenvalue weighted by Crippen LogP contribution is 2.33. The van der Waals surface area contributed by atoms with Gasteiger partial charge in [0.05, 0.1) is 17.7 Å². The second kappa shape index (κ2) is 12.5. The monoisotopic (exact) mass is 589 g/mol. The minimum atomic E-state index is -0.741. The molecule has 3 aromatic rings. The van der Waals surface area contributed by atoms with E-state index in [-0.39, 0.29) is 42.1 Å². The number of nitrogens with zero attached hydrogens (tertiary/aromatic N) is 4. The number of halogens is 1. The quantitative estimate of drug-likeness (QED) is 0.396. The Morgan fingerprint density at radius 1 is 1.02 bits per heavy atom. The van der Waals surface area contributed by atoms with Gasteiger partial charge in [0.2, 0.25) is 0 Å². The van der Waals surface area contributed by atoms with Crippen molar-refractivity contribution in [1.29, 1.82) is 0 Å². The fraction of sp³-hybridized carbons (Fsp3) is 0.406. The lowest BCUT2D eigenvalue weighted by atomic mass is 10.0. The number of ether oxygens (including phenoxy) is 1. The van der Waals surface area contributed by atoms with E-state index < -0.39 is 17.3 Å². The van der Waals surface area contributed by atoms with E-state index in [1.54, 1.807) is 35.2 Å². The average molecular weight is 590 g/mol. The van der Waals surface area contributed by atoms with Crippen LogP contribution >= 0.6 is 0 Å². The second-order valence-corrected chi connectivity index (χ2v) is 11.9. The number of likely N-dealkylation sites (tertiary alicyclic amines) is 1. The maximum Gasteiger partial charge on any atom is 0.410 e. The summed E-state index contributed by atoms with van der Waals surface area (Å²) in [5.41, 5.74) is 1.06. The van der Waals surface area contributed by atoms with Gasteiger partial charge in [0.1, 0.15) is 11.4 Å². The van der Waals surface area contributed by atoms with Crippen LogP contribution in [-0.4, -0.2) is 73.6 Å². The molecular formula is C32H36FN5O5. The van der Waals surface area contributed by atoms with Crippen LogP contribution in [-0.2, 0) is 11.3 Å². The van der Waals surface area contributed by atoms with E-state index in [4.69, 9.17) is 4.74 Å². The summed E-state index contributed by atoms with van der Waals surface area (Å²) in [6, 6.07) is 10.9. The first-order valence-electron chi connectivity index (χ1n) is 14.5. The number of carbonyl (C=O) groups is 3. The van der Waals surface area contributed by atoms with Gasteiger partial charge < -0.3 is 25.0 Å². The number of anilines is 1. The van der Waals surface area contributed by atoms with Gasteiger partial charge in [-0.3, -0.25) is 9.59 Å². The van der Waals surface area contributed by atoms with Crippen LogP contribution in [0.1, 0.15) is 72.7 Å². The third kappa shape index (κ3) is 7.34. The van der Waals surface area contributed by atoms with Crippen LogP contribution in [0, 0.1) is 5.82 Å². The number of hydrogen-bond donors (Lipinski definition) is 2. The lowest BCUT2D eigenvalue weighted by Crippen LogP contribution is -2.50. The minimum absolute atomic E-state index is 0.00253. The van der Waals surface area contributed by atoms with Crippen LogP contribution in [0.5, 0.6) is 0 Å². The van der Waals surface area contributed by atoms with Crippen molar-refractivity contribution in [2.45, 2.75) is 70.7 Å². The summed E-state index contributed by atoms with van der Waals surface area (Å²) in [6.45, 7) is 6.37. The van der Waals surface area contributed by atoms with Gasteiger partial charge in [-0.15, -0.1) is 0 Å². The molecule has 0 unspecified atom stereocenters. The van der Waals surface area contributed by atoms with Crippen LogP contribution in [0.4, 0.5) is 14.9 Å². The van der Waals surface area contributed by atoms with Crippen molar-refractivity contribution in [2.75, 3.05) is 18.4 Å². The minimum Gasteiger partial charge on any atom is -0.444 e. The molecule has 2 aromatic carbocycles. The zero-order valence-electron chi connectivity index (χ0n) is 24.5. The van der Waals surface area contributed by atoms with Gasteiger partial charge in [-0.2, -0.15) is 0 Å². The van der Waals surface area contributed by atoms with Crippen LogP contribution in [0.2, 0.25) is 0 Å². The normalized spacial score (nSPS) is 15.6. The molecule has 11 heteroatoms. The van der Waals surface area contributed by atoms with Gasteiger partial charge in [0, 0.05) is 48.8 Å². The van der Waals surface area contributed by atoms with Gasteiger partial charge >= 0.3 is 6.09 Å². The Bertz CT molecular complexity index is 1490. The Hall–Kier alpha value is -4.38. The topological polar surface area (TPSA) is 125 Å². The van der Waals surface area contributed by atoms with E-state index in [2.05, 4.69) is 15.3 Å². The molecule has 2 fully saturated rings. The maximum atomic E-state index is 15.0. The van der Waals surface area contributed by atoms with Gasteiger partial charge in [0.15, 0.2) is 5.82 Å². The summed E-state index contributed by atoms with van der Waals surface area (Å²) in [5.74, 6) is -1.30. The Morgan fingerprint density at radius 2 is 1.70 bits per heavy atom. The Labute approximate surface area is 249 Å². The number of aromatic nitrogens is 2. The zero-order valence-corrected chi connectivity index (χ0v) is 24.5. The van der Waals surface area contributed by atoms with Crippen molar-refractivity contribution in [3.05, 3.63) is 77.4 Å². The molecule has 10 nitrogen and oxygen atoms in total. The summed E-state index contributed by atoms with van der Waals surface area (Å²) in [6.07, 6.45) is 5.74. The predicted molar refractivity (Wildman–Crippen MR) is 158 cm³/mol. The number of nitrogens with one attached hydrogen (secondary N) is 1. The number of rotatable bonds is 7. The van der Waals surface area contributed by atoms with Crippen molar-refractivity contribution in [1.82, 2.24) is 19.8 Å². The first-order chi connectivity index (χ1) is 20.5. The molecule has 226 valence electrons. The lowest BCUT2D eigenvalue weighted by Gasteiger charge is -2.39. The molecule has 3 amide bonds. The Morgan fingerprint density at radius 3 is 2.30 bits per heavy atom. The highest BCUT2D eigenvalue weighted by Gasteiger charge is 2.40. The van der Waals surface area contributed by atoms with Crippen molar-refractivity contribution in [2.24, 2.45) is 0 Å². The first-order valence-corrected chi connectivity index (χ1v) is 14.5. The summed E-state index contributed by atoms with van der Waals surface area (Å²) < 4.78 is 20.5.